The zero-order chi connectivity index (χ0) is 10.1. The molecule has 1 aliphatic heterocycles. The maximum absolute atomic E-state index is 11.6. The van der Waals surface area contributed by atoms with Crippen molar-refractivity contribution in [1.82, 2.24) is 5.32 Å². The molecule has 2 rings (SSSR count). The Morgan fingerprint density at radius 3 is 2.67 bits per heavy atom. The fourth-order valence-corrected chi connectivity index (χ4v) is 1.71. The predicted molar refractivity (Wildman–Crippen MR) is 58.7 cm³/mol. The van der Waals surface area contributed by atoms with Crippen molar-refractivity contribution in [2.45, 2.75) is 43.5 Å². The molecule has 1 amide bonds. The number of hydrogen-bond donors (Lipinski definition) is 3. The minimum atomic E-state index is -0.537. The summed E-state index contributed by atoms with van der Waals surface area (Å²) in [5, 5.41) is 2.81. The number of rotatable bonds is 3. The normalized spacial score (nSPS) is 35.5. The average molecular weight is 236 g/mol. The third kappa shape index (κ3) is 3.04. The number of amides is 1. The average Bonchev–Trinajstić information content (AvgIpc) is 2.72. The standard InChI is InChI=1S/C9H17N3O2.ClH/c10-5-4-6(5)12-9(13)8(11)7-2-1-3-14-7;/h5-8H,1-4,10-11H2,(H,12,13);1H. The molecule has 1 aliphatic carbocycles. The summed E-state index contributed by atoms with van der Waals surface area (Å²) in [6.45, 7) is 0.717. The topological polar surface area (TPSA) is 90.4 Å². The van der Waals surface area contributed by atoms with Gasteiger partial charge in [-0.1, -0.05) is 0 Å². The van der Waals surface area contributed by atoms with Crippen LogP contribution in [0, 0.1) is 0 Å². The lowest BCUT2D eigenvalue weighted by molar-refractivity contribution is -0.125. The number of carbonyl (C=O) groups is 1. The minimum absolute atomic E-state index is 0. The smallest absolute Gasteiger partial charge is 0.239 e. The molecule has 1 heterocycles. The molecule has 0 aromatic rings. The lowest BCUT2D eigenvalue weighted by Crippen LogP contribution is -2.49. The van der Waals surface area contributed by atoms with E-state index in [0.717, 1.165) is 19.3 Å². The van der Waals surface area contributed by atoms with Crippen LogP contribution in [0.5, 0.6) is 0 Å². The Labute approximate surface area is 95.3 Å². The van der Waals surface area contributed by atoms with E-state index in [1.807, 2.05) is 0 Å². The van der Waals surface area contributed by atoms with Crippen LogP contribution in [-0.4, -0.2) is 36.7 Å². The van der Waals surface area contributed by atoms with Crippen molar-refractivity contribution >= 4 is 18.3 Å². The molecule has 4 atom stereocenters. The quantitative estimate of drug-likeness (QED) is 0.593. The Kier molecular flexibility index (Phi) is 4.33. The first-order valence-corrected chi connectivity index (χ1v) is 5.11. The van der Waals surface area contributed by atoms with E-state index in [9.17, 15) is 4.79 Å². The van der Waals surface area contributed by atoms with Crippen molar-refractivity contribution in [2.75, 3.05) is 6.61 Å². The lowest BCUT2D eigenvalue weighted by atomic mass is 10.1. The van der Waals surface area contributed by atoms with Gasteiger partial charge in [-0.2, -0.15) is 0 Å². The van der Waals surface area contributed by atoms with Crippen LogP contribution in [0.2, 0.25) is 0 Å². The number of nitrogens with two attached hydrogens (primary N) is 2. The molecule has 5 nitrogen and oxygen atoms in total. The molecule has 88 valence electrons. The maximum atomic E-state index is 11.6. The van der Waals surface area contributed by atoms with Crippen LogP contribution < -0.4 is 16.8 Å². The van der Waals surface area contributed by atoms with Crippen molar-refractivity contribution < 1.29 is 9.53 Å². The van der Waals surface area contributed by atoms with E-state index in [2.05, 4.69) is 5.32 Å². The predicted octanol–water partition coefficient (Wildman–Crippen LogP) is -0.870. The van der Waals surface area contributed by atoms with E-state index >= 15 is 0 Å². The van der Waals surface area contributed by atoms with E-state index < -0.39 is 6.04 Å². The van der Waals surface area contributed by atoms with E-state index in [1.54, 1.807) is 0 Å². The molecular formula is C9H18ClN3O2. The van der Waals surface area contributed by atoms with Gasteiger partial charge in [-0.3, -0.25) is 4.79 Å². The van der Waals surface area contributed by atoms with Gasteiger partial charge in [0.05, 0.1) is 6.10 Å². The molecule has 1 saturated heterocycles. The second-order valence-corrected chi connectivity index (χ2v) is 4.09. The van der Waals surface area contributed by atoms with Crippen molar-refractivity contribution in [1.29, 1.82) is 0 Å². The van der Waals surface area contributed by atoms with Gasteiger partial charge in [0.2, 0.25) is 5.91 Å². The number of carbonyl (C=O) groups excluding carboxylic acids is 1. The Balaban J connectivity index is 0.00000112. The molecule has 0 aromatic carbocycles. The second-order valence-electron chi connectivity index (χ2n) is 4.09. The van der Waals surface area contributed by atoms with Crippen molar-refractivity contribution in [3.8, 4) is 0 Å². The summed E-state index contributed by atoms with van der Waals surface area (Å²) in [5.41, 5.74) is 11.3. The minimum Gasteiger partial charge on any atom is -0.376 e. The van der Waals surface area contributed by atoms with Gasteiger partial charge in [0, 0.05) is 18.7 Å². The molecule has 0 aromatic heterocycles. The Morgan fingerprint density at radius 1 is 1.53 bits per heavy atom. The third-order valence-electron chi connectivity index (χ3n) is 2.84. The van der Waals surface area contributed by atoms with Crippen LogP contribution in [0.3, 0.4) is 0 Å². The van der Waals surface area contributed by atoms with Gasteiger partial charge in [-0.05, 0) is 19.3 Å². The highest BCUT2D eigenvalue weighted by Gasteiger charge is 2.37. The van der Waals surface area contributed by atoms with Crippen molar-refractivity contribution in [2.24, 2.45) is 11.5 Å². The molecule has 0 bridgehead atoms. The van der Waals surface area contributed by atoms with Gasteiger partial charge in [0.15, 0.2) is 0 Å². The number of halogens is 1. The zero-order valence-corrected chi connectivity index (χ0v) is 9.33. The molecule has 0 radical (unpaired) electrons. The van der Waals surface area contributed by atoms with Gasteiger partial charge < -0.3 is 21.5 Å². The van der Waals surface area contributed by atoms with Gasteiger partial charge in [-0.15, -0.1) is 12.4 Å². The summed E-state index contributed by atoms with van der Waals surface area (Å²) in [6, 6.07) is -0.282. The van der Waals surface area contributed by atoms with Crippen LogP contribution in [0.4, 0.5) is 0 Å². The molecule has 1 saturated carbocycles. The summed E-state index contributed by atoms with van der Waals surface area (Å²) in [7, 11) is 0. The largest absolute Gasteiger partial charge is 0.376 e. The van der Waals surface area contributed by atoms with Gasteiger partial charge >= 0.3 is 0 Å². The maximum Gasteiger partial charge on any atom is 0.239 e. The Hall–Kier alpha value is -0.360. The molecule has 5 N–H and O–H groups in total. The van der Waals surface area contributed by atoms with Crippen molar-refractivity contribution in [3.05, 3.63) is 0 Å². The van der Waals surface area contributed by atoms with Gasteiger partial charge in [0.1, 0.15) is 6.04 Å². The van der Waals surface area contributed by atoms with Crippen LogP contribution in [0.1, 0.15) is 19.3 Å². The van der Waals surface area contributed by atoms with E-state index in [-0.39, 0.29) is 36.5 Å². The fourth-order valence-electron chi connectivity index (χ4n) is 1.71. The number of ether oxygens (including phenoxy) is 1. The molecule has 0 spiro atoms. The molecule has 15 heavy (non-hydrogen) atoms. The lowest BCUT2D eigenvalue weighted by Gasteiger charge is -2.17. The second kappa shape index (κ2) is 5.12. The highest BCUT2D eigenvalue weighted by molar-refractivity contribution is 5.85. The summed E-state index contributed by atoms with van der Waals surface area (Å²) in [5.74, 6) is -0.130. The highest BCUT2D eigenvalue weighted by atomic mass is 35.5. The monoisotopic (exact) mass is 235 g/mol. The van der Waals surface area contributed by atoms with E-state index in [1.165, 1.54) is 0 Å². The summed E-state index contributed by atoms with van der Waals surface area (Å²) in [4.78, 5) is 11.6. The molecular weight excluding hydrogens is 218 g/mol. The van der Waals surface area contributed by atoms with Crippen LogP contribution in [-0.2, 0) is 9.53 Å². The number of nitrogens with one attached hydrogen (secondary N) is 1. The van der Waals surface area contributed by atoms with E-state index in [0.29, 0.717) is 6.61 Å². The summed E-state index contributed by atoms with van der Waals surface area (Å²) >= 11 is 0. The SMILES string of the molecule is Cl.NC1CC1NC(=O)C(N)C1CCCO1. The van der Waals surface area contributed by atoms with Gasteiger partial charge in [-0.25, -0.2) is 0 Å². The first-order valence-electron chi connectivity index (χ1n) is 5.11. The summed E-state index contributed by atoms with van der Waals surface area (Å²) < 4.78 is 5.35. The highest BCUT2D eigenvalue weighted by Crippen LogP contribution is 2.19. The van der Waals surface area contributed by atoms with E-state index in [4.69, 9.17) is 16.2 Å². The van der Waals surface area contributed by atoms with Crippen LogP contribution in [0.15, 0.2) is 0 Å². The third-order valence-corrected chi connectivity index (χ3v) is 2.84. The number of hydrogen-bond acceptors (Lipinski definition) is 4. The molecule has 2 fully saturated rings. The Bertz CT molecular complexity index is 233. The summed E-state index contributed by atoms with van der Waals surface area (Å²) in [6.07, 6.45) is 2.63. The first-order chi connectivity index (χ1) is 6.68. The van der Waals surface area contributed by atoms with Gasteiger partial charge in [0.25, 0.3) is 0 Å². The Morgan fingerprint density at radius 2 is 2.20 bits per heavy atom. The fraction of sp³-hybridized carbons (Fsp3) is 0.889. The molecule has 4 unspecified atom stereocenters. The first kappa shape index (κ1) is 12.7. The zero-order valence-electron chi connectivity index (χ0n) is 8.52. The van der Waals surface area contributed by atoms with Crippen LogP contribution >= 0.6 is 12.4 Å². The van der Waals surface area contributed by atoms with Crippen LogP contribution in [0.25, 0.3) is 0 Å². The van der Waals surface area contributed by atoms with Crippen molar-refractivity contribution in [3.63, 3.8) is 0 Å². The molecule has 2 aliphatic rings. The molecule has 6 heteroatoms.